The second-order valence-electron chi connectivity index (χ2n) is 7.87. The molecule has 0 radical (unpaired) electrons. The van der Waals surface area contributed by atoms with Crippen LogP contribution in [-0.2, 0) is 11.3 Å². The van der Waals surface area contributed by atoms with Crippen molar-refractivity contribution in [2.75, 3.05) is 37.6 Å². The smallest absolute Gasteiger partial charge is 0.274 e. The first-order valence-corrected chi connectivity index (χ1v) is 11.4. The molecular formula is C25H26ClN5O2. The molecule has 1 aliphatic heterocycles. The summed E-state index contributed by atoms with van der Waals surface area (Å²) in [5, 5.41) is 0.719. The molecule has 7 nitrogen and oxygen atoms in total. The van der Waals surface area contributed by atoms with Crippen molar-refractivity contribution in [1.82, 2.24) is 19.8 Å². The summed E-state index contributed by atoms with van der Waals surface area (Å²) in [4.78, 5) is 39.9. The fourth-order valence-corrected chi connectivity index (χ4v) is 4.18. The number of hydrogen-bond donors (Lipinski definition) is 0. The second kappa shape index (κ2) is 10.9. The van der Waals surface area contributed by atoms with Crippen molar-refractivity contribution in [3.63, 3.8) is 0 Å². The normalized spacial score (nSPS) is 13.6. The lowest BCUT2D eigenvalue weighted by Gasteiger charge is -2.36. The molecule has 0 aliphatic carbocycles. The third-order valence-electron chi connectivity index (χ3n) is 5.71. The molecule has 8 heteroatoms. The lowest BCUT2D eigenvalue weighted by atomic mass is 10.2. The van der Waals surface area contributed by atoms with E-state index in [0.29, 0.717) is 26.2 Å². The van der Waals surface area contributed by atoms with Crippen molar-refractivity contribution >= 4 is 29.1 Å². The number of anilines is 1. The Labute approximate surface area is 198 Å². The zero-order chi connectivity index (χ0) is 23.0. The Hall–Kier alpha value is -3.45. The number of benzene rings is 2. The molecule has 2 amide bonds. The molecule has 1 saturated heterocycles. The summed E-state index contributed by atoms with van der Waals surface area (Å²) in [6.07, 6.45) is 4.74. The van der Waals surface area contributed by atoms with Crippen molar-refractivity contribution < 1.29 is 9.59 Å². The Bertz CT molecular complexity index is 1070. The minimum absolute atomic E-state index is 0.0406. The van der Waals surface area contributed by atoms with E-state index in [-0.39, 0.29) is 23.9 Å². The van der Waals surface area contributed by atoms with E-state index >= 15 is 0 Å². The predicted molar refractivity (Wildman–Crippen MR) is 128 cm³/mol. The zero-order valence-corrected chi connectivity index (χ0v) is 19.1. The van der Waals surface area contributed by atoms with Crippen LogP contribution in [0, 0.1) is 0 Å². The molecule has 1 aliphatic rings. The molecule has 0 N–H and O–H groups in total. The van der Waals surface area contributed by atoms with Crippen LogP contribution in [0.3, 0.4) is 0 Å². The van der Waals surface area contributed by atoms with Crippen LogP contribution in [-0.4, -0.2) is 64.3 Å². The van der Waals surface area contributed by atoms with E-state index in [0.717, 1.165) is 29.4 Å². The number of carbonyl (C=O) groups is 2. The second-order valence-corrected chi connectivity index (χ2v) is 8.28. The number of rotatable bonds is 7. The highest BCUT2D eigenvalue weighted by atomic mass is 35.5. The van der Waals surface area contributed by atoms with Gasteiger partial charge in [0.1, 0.15) is 5.69 Å². The first-order chi connectivity index (χ1) is 16.1. The number of carbonyl (C=O) groups excluding carboxylic acids is 2. The topological polar surface area (TPSA) is 69.6 Å². The van der Waals surface area contributed by atoms with Crippen LogP contribution in [0.4, 0.5) is 5.69 Å². The van der Waals surface area contributed by atoms with Crippen molar-refractivity contribution in [3.8, 4) is 0 Å². The zero-order valence-electron chi connectivity index (χ0n) is 18.3. The number of para-hydroxylation sites is 1. The standard InChI is InChI=1S/C25H26ClN5O2/c26-21-8-4-5-9-23(21)29-14-16-30(17-15-29)24(32)10-13-31(19-20-6-2-1-3-7-20)25(33)22-18-27-11-12-28-22/h1-9,11-12,18H,10,13-17,19H2. The molecule has 33 heavy (non-hydrogen) atoms. The molecule has 2 heterocycles. The molecule has 2 aromatic carbocycles. The van der Waals surface area contributed by atoms with E-state index in [9.17, 15) is 9.59 Å². The van der Waals surface area contributed by atoms with E-state index in [1.54, 1.807) is 4.90 Å². The van der Waals surface area contributed by atoms with Crippen molar-refractivity contribution in [1.29, 1.82) is 0 Å². The molecule has 3 aromatic rings. The molecule has 0 unspecified atom stereocenters. The van der Waals surface area contributed by atoms with Gasteiger partial charge in [-0.05, 0) is 17.7 Å². The van der Waals surface area contributed by atoms with Gasteiger partial charge >= 0.3 is 0 Å². The molecule has 0 saturated carbocycles. The Balaban J connectivity index is 1.36. The first kappa shape index (κ1) is 22.7. The Kier molecular flexibility index (Phi) is 7.52. The van der Waals surface area contributed by atoms with Crippen LogP contribution in [0.25, 0.3) is 0 Å². The van der Waals surface area contributed by atoms with Gasteiger partial charge in [0.15, 0.2) is 0 Å². The number of aromatic nitrogens is 2. The number of piperazine rings is 1. The van der Waals surface area contributed by atoms with Gasteiger partial charge in [-0.25, -0.2) is 4.98 Å². The highest BCUT2D eigenvalue weighted by molar-refractivity contribution is 6.33. The molecule has 0 atom stereocenters. The van der Waals surface area contributed by atoms with Gasteiger partial charge in [-0.1, -0.05) is 54.1 Å². The Morgan fingerprint density at radius 3 is 2.36 bits per heavy atom. The Morgan fingerprint density at radius 2 is 1.67 bits per heavy atom. The van der Waals surface area contributed by atoms with E-state index in [1.165, 1.54) is 18.6 Å². The molecule has 170 valence electrons. The quantitative estimate of drug-likeness (QED) is 0.536. The van der Waals surface area contributed by atoms with E-state index in [4.69, 9.17) is 11.6 Å². The van der Waals surface area contributed by atoms with Crippen molar-refractivity contribution in [2.45, 2.75) is 13.0 Å². The summed E-state index contributed by atoms with van der Waals surface area (Å²) in [5.74, 6) is -0.192. The van der Waals surface area contributed by atoms with Gasteiger partial charge in [0.25, 0.3) is 5.91 Å². The molecular weight excluding hydrogens is 438 g/mol. The van der Waals surface area contributed by atoms with Gasteiger partial charge in [-0.3, -0.25) is 14.6 Å². The lowest BCUT2D eigenvalue weighted by molar-refractivity contribution is -0.131. The monoisotopic (exact) mass is 463 g/mol. The highest BCUT2D eigenvalue weighted by Gasteiger charge is 2.24. The van der Waals surface area contributed by atoms with Crippen LogP contribution >= 0.6 is 11.6 Å². The number of halogens is 1. The van der Waals surface area contributed by atoms with Gasteiger partial charge in [0, 0.05) is 58.1 Å². The molecule has 0 bridgehead atoms. The van der Waals surface area contributed by atoms with Gasteiger partial charge in [0.05, 0.1) is 16.9 Å². The average Bonchev–Trinajstić information content (AvgIpc) is 2.87. The fourth-order valence-electron chi connectivity index (χ4n) is 3.92. The molecule has 4 rings (SSSR count). The SMILES string of the molecule is O=C(CCN(Cc1ccccc1)C(=O)c1cnccn1)N1CCN(c2ccccc2Cl)CC1. The third kappa shape index (κ3) is 5.87. The van der Waals surface area contributed by atoms with Crippen LogP contribution < -0.4 is 4.90 Å². The van der Waals surface area contributed by atoms with Crippen molar-refractivity contribution in [2.24, 2.45) is 0 Å². The number of amides is 2. The largest absolute Gasteiger partial charge is 0.367 e. The Morgan fingerprint density at radius 1 is 0.939 bits per heavy atom. The van der Waals surface area contributed by atoms with E-state index in [2.05, 4.69) is 14.9 Å². The van der Waals surface area contributed by atoms with Crippen molar-refractivity contribution in [3.05, 3.63) is 89.5 Å². The number of nitrogens with zero attached hydrogens (tertiary/aromatic N) is 5. The summed E-state index contributed by atoms with van der Waals surface area (Å²) in [7, 11) is 0. The minimum Gasteiger partial charge on any atom is -0.367 e. The fraction of sp³-hybridized carbons (Fsp3) is 0.280. The summed E-state index contributed by atoms with van der Waals surface area (Å²) >= 11 is 6.32. The van der Waals surface area contributed by atoms with Gasteiger partial charge in [-0.15, -0.1) is 0 Å². The molecule has 0 spiro atoms. The summed E-state index contributed by atoms with van der Waals surface area (Å²) in [6, 6.07) is 17.5. The maximum Gasteiger partial charge on any atom is 0.274 e. The third-order valence-corrected chi connectivity index (χ3v) is 6.03. The van der Waals surface area contributed by atoms with Gasteiger partial charge in [0.2, 0.25) is 5.91 Å². The van der Waals surface area contributed by atoms with E-state index < -0.39 is 0 Å². The first-order valence-electron chi connectivity index (χ1n) is 11.0. The van der Waals surface area contributed by atoms with E-state index in [1.807, 2.05) is 59.5 Å². The molecule has 1 fully saturated rings. The van der Waals surface area contributed by atoms with Crippen LogP contribution in [0.1, 0.15) is 22.5 Å². The minimum atomic E-state index is -0.233. The maximum absolute atomic E-state index is 13.0. The predicted octanol–water partition coefficient (Wildman–Crippen LogP) is 3.51. The van der Waals surface area contributed by atoms with Crippen LogP contribution in [0.15, 0.2) is 73.2 Å². The average molecular weight is 464 g/mol. The lowest BCUT2D eigenvalue weighted by Crippen LogP contribution is -2.49. The number of hydrogen-bond acceptors (Lipinski definition) is 5. The highest BCUT2D eigenvalue weighted by Crippen LogP contribution is 2.26. The molecule has 1 aromatic heterocycles. The summed E-state index contributed by atoms with van der Waals surface area (Å²) < 4.78 is 0. The van der Waals surface area contributed by atoms with Crippen LogP contribution in [0.5, 0.6) is 0 Å². The van der Waals surface area contributed by atoms with Gasteiger partial charge < -0.3 is 14.7 Å². The van der Waals surface area contributed by atoms with Crippen LogP contribution in [0.2, 0.25) is 5.02 Å². The summed E-state index contributed by atoms with van der Waals surface area (Å²) in [5.41, 5.74) is 2.26. The van der Waals surface area contributed by atoms with Gasteiger partial charge in [-0.2, -0.15) is 0 Å². The summed E-state index contributed by atoms with van der Waals surface area (Å²) in [6.45, 7) is 3.42. The maximum atomic E-state index is 13.0.